The Bertz CT molecular complexity index is 253. The molecular formula is C11H18N2O2. The van der Waals surface area contributed by atoms with Crippen LogP contribution in [0.4, 0.5) is 0 Å². The summed E-state index contributed by atoms with van der Waals surface area (Å²) in [6.07, 6.45) is 8.13. The number of carbonyl (C=O) groups is 1. The summed E-state index contributed by atoms with van der Waals surface area (Å²) in [6, 6.07) is -0.0201. The zero-order chi connectivity index (χ0) is 10.5. The minimum absolute atomic E-state index is 0.0201. The highest BCUT2D eigenvalue weighted by atomic mass is 16.5. The summed E-state index contributed by atoms with van der Waals surface area (Å²) < 4.78 is 5.43. The van der Waals surface area contributed by atoms with Gasteiger partial charge in [-0.1, -0.05) is 0 Å². The number of amides is 1. The normalized spacial score (nSPS) is 30.8. The molecule has 0 aliphatic carbocycles. The first-order valence-corrected chi connectivity index (χ1v) is 5.68. The van der Waals surface area contributed by atoms with Gasteiger partial charge in [0.1, 0.15) is 6.10 Å². The molecule has 84 valence electrons. The van der Waals surface area contributed by atoms with Gasteiger partial charge in [0.25, 0.3) is 0 Å². The molecule has 0 aromatic rings. The van der Waals surface area contributed by atoms with E-state index in [0.29, 0.717) is 0 Å². The summed E-state index contributed by atoms with van der Waals surface area (Å²) >= 11 is 0. The Morgan fingerprint density at radius 2 is 2.47 bits per heavy atom. The first-order chi connectivity index (χ1) is 7.36. The number of hydrogen-bond donors (Lipinski definition) is 2. The molecule has 0 saturated carbocycles. The largest absolute Gasteiger partial charge is 0.497 e. The van der Waals surface area contributed by atoms with Crippen molar-refractivity contribution in [2.24, 2.45) is 0 Å². The van der Waals surface area contributed by atoms with Gasteiger partial charge in [-0.15, -0.1) is 0 Å². The highest BCUT2D eigenvalue weighted by molar-refractivity contribution is 5.82. The van der Waals surface area contributed by atoms with E-state index in [9.17, 15) is 4.79 Å². The molecule has 1 amide bonds. The van der Waals surface area contributed by atoms with Crippen molar-refractivity contribution in [1.82, 2.24) is 10.6 Å². The molecule has 4 nitrogen and oxygen atoms in total. The Balaban J connectivity index is 1.72. The van der Waals surface area contributed by atoms with Crippen LogP contribution in [-0.4, -0.2) is 31.1 Å². The number of hydrogen-bond acceptors (Lipinski definition) is 3. The van der Waals surface area contributed by atoms with Crippen molar-refractivity contribution >= 4 is 5.91 Å². The van der Waals surface area contributed by atoms with Crippen molar-refractivity contribution in [2.75, 3.05) is 13.1 Å². The van der Waals surface area contributed by atoms with Crippen LogP contribution in [0.2, 0.25) is 0 Å². The minimum atomic E-state index is -0.0201. The van der Waals surface area contributed by atoms with E-state index in [1.165, 1.54) is 0 Å². The van der Waals surface area contributed by atoms with Crippen molar-refractivity contribution in [1.29, 1.82) is 0 Å². The molecule has 2 aliphatic rings. The summed E-state index contributed by atoms with van der Waals surface area (Å²) in [4.78, 5) is 11.4. The highest BCUT2D eigenvalue weighted by Crippen LogP contribution is 2.10. The van der Waals surface area contributed by atoms with Crippen molar-refractivity contribution in [3.05, 3.63) is 12.3 Å². The molecule has 15 heavy (non-hydrogen) atoms. The average Bonchev–Trinajstić information content (AvgIpc) is 2.29. The molecule has 2 unspecified atom stereocenters. The Hall–Kier alpha value is -1.03. The fourth-order valence-electron chi connectivity index (χ4n) is 1.98. The molecule has 0 aromatic heterocycles. The van der Waals surface area contributed by atoms with E-state index >= 15 is 0 Å². The summed E-state index contributed by atoms with van der Waals surface area (Å²) in [5.41, 5.74) is 0. The lowest BCUT2D eigenvalue weighted by Crippen LogP contribution is -2.50. The quantitative estimate of drug-likeness (QED) is 0.715. The van der Waals surface area contributed by atoms with Gasteiger partial charge in [-0.05, 0) is 31.8 Å². The van der Waals surface area contributed by atoms with Gasteiger partial charge in [-0.25, -0.2) is 0 Å². The molecule has 0 bridgehead atoms. The van der Waals surface area contributed by atoms with E-state index < -0.39 is 0 Å². The first-order valence-electron chi connectivity index (χ1n) is 5.68. The Morgan fingerprint density at radius 3 is 3.20 bits per heavy atom. The van der Waals surface area contributed by atoms with Crippen LogP contribution in [0, 0.1) is 0 Å². The lowest BCUT2D eigenvalue weighted by molar-refractivity contribution is -0.124. The van der Waals surface area contributed by atoms with Crippen LogP contribution in [-0.2, 0) is 9.53 Å². The zero-order valence-electron chi connectivity index (χ0n) is 8.87. The molecule has 4 heteroatoms. The molecule has 0 radical (unpaired) electrons. The van der Waals surface area contributed by atoms with Crippen molar-refractivity contribution in [3.8, 4) is 0 Å². The van der Waals surface area contributed by atoms with Crippen molar-refractivity contribution in [2.45, 2.75) is 37.8 Å². The molecule has 2 N–H and O–H groups in total. The second-order valence-electron chi connectivity index (χ2n) is 4.10. The highest BCUT2D eigenvalue weighted by Gasteiger charge is 2.22. The van der Waals surface area contributed by atoms with E-state index in [1.807, 2.05) is 6.08 Å². The number of carbonyl (C=O) groups excluding carboxylic acids is 1. The molecule has 1 fully saturated rings. The van der Waals surface area contributed by atoms with Crippen LogP contribution in [0.15, 0.2) is 12.3 Å². The lowest BCUT2D eigenvalue weighted by Gasteiger charge is -2.26. The van der Waals surface area contributed by atoms with E-state index in [1.54, 1.807) is 6.26 Å². The predicted octanol–water partition coefficient (Wildman–Crippen LogP) is 0.547. The van der Waals surface area contributed by atoms with E-state index in [-0.39, 0.29) is 18.1 Å². The third-order valence-corrected chi connectivity index (χ3v) is 2.90. The van der Waals surface area contributed by atoms with Crippen LogP contribution < -0.4 is 10.6 Å². The molecule has 1 saturated heterocycles. The third-order valence-electron chi connectivity index (χ3n) is 2.90. The molecule has 2 rings (SSSR count). The summed E-state index contributed by atoms with van der Waals surface area (Å²) in [7, 11) is 0. The monoisotopic (exact) mass is 210 g/mol. The predicted molar refractivity (Wildman–Crippen MR) is 57.3 cm³/mol. The van der Waals surface area contributed by atoms with Gasteiger partial charge in [-0.3, -0.25) is 4.79 Å². The first kappa shape index (κ1) is 10.5. The number of nitrogens with one attached hydrogen (secondary N) is 2. The Kier molecular flexibility index (Phi) is 3.61. The van der Waals surface area contributed by atoms with Gasteiger partial charge < -0.3 is 15.4 Å². The van der Waals surface area contributed by atoms with Gasteiger partial charge >= 0.3 is 0 Å². The van der Waals surface area contributed by atoms with E-state index in [4.69, 9.17) is 4.74 Å². The van der Waals surface area contributed by atoms with Gasteiger partial charge in [0.2, 0.25) is 5.91 Å². The maximum atomic E-state index is 11.4. The standard InChI is InChI=1S/C11H18N2O2/c14-11-10(5-3-6-12-11)13-8-9-4-1-2-7-15-9/h2,7,9-10,13H,1,3-6,8H2,(H,12,14). The van der Waals surface area contributed by atoms with E-state index in [2.05, 4.69) is 10.6 Å². The average molecular weight is 210 g/mol. The van der Waals surface area contributed by atoms with Crippen LogP contribution >= 0.6 is 0 Å². The molecule has 0 spiro atoms. The number of allylic oxidation sites excluding steroid dienone is 1. The SMILES string of the molecule is O=C1NCCCC1NCC1CCC=CO1. The van der Waals surface area contributed by atoms with Crippen molar-refractivity contribution in [3.63, 3.8) is 0 Å². The van der Waals surface area contributed by atoms with Gasteiger partial charge in [0, 0.05) is 13.1 Å². The van der Waals surface area contributed by atoms with Crippen LogP contribution in [0.5, 0.6) is 0 Å². The number of piperidine rings is 1. The molecule has 2 heterocycles. The maximum Gasteiger partial charge on any atom is 0.237 e. The topological polar surface area (TPSA) is 50.4 Å². The zero-order valence-corrected chi connectivity index (χ0v) is 8.87. The fourth-order valence-corrected chi connectivity index (χ4v) is 1.98. The van der Waals surface area contributed by atoms with Crippen LogP contribution in [0.25, 0.3) is 0 Å². The Morgan fingerprint density at radius 1 is 1.53 bits per heavy atom. The maximum absolute atomic E-state index is 11.4. The van der Waals surface area contributed by atoms with Gasteiger partial charge in [-0.2, -0.15) is 0 Å². The number of ether oxygens (including phenoxy) is 1. The van der Waals surface area contributed by atoms with Crippen molar-refractivity contribution < 1.29 is 9.53 Å². The third kappa shape index (κ3) is 2.96. The van der Waals surface area contributed by atoms with Crippen LogP contribution in [0.3, 0.4) is 0 Å². The fraction of sp³-hybridized carbons (Fsp3) is 0.727. The molecular weight excluding hydrogens is 192 g/mol. The smallest absolute Gasteiger partial charge is 0.237 e. The van der Waals surface area contributed by atoms with Crippen LogP contribution in [0.1, 0.15) is 25.7 Å². The summed E-state index contributed by atoms with van der Waals surface area (Å²) in [5, 5.41) is 6.13. The molecule has 0 aromatic carbocycles. The summed E-state index contributed by atoms with van der Waals surface area (Å²) in [6.45, 7) is 1.59. The van der Waals surface area contributed by atoms with E-state index in [0.717, 1.165) is 38.8 Å². The van der Waals surface area contributed by atoms with Gasteiger partial charge in [0.05, 0.1) is 12.3 Å². The molecule has 2 atom stereocenters. The van der Waals surface area contributed by atoms with Gasteiger partial charge in [0.15, 0.2) is 0 Å². The summed E-state index contributed by atoms with van der Waals surface area (Å²) in [5.74, 6) is 0.132. The Labute approximate surface area is 90.1 Å². The number of rotatable bonds is 3. The minimum Gasteiger partial charge on any atom is -0.497 e. The second-order valence-corrected chi connectivity index (χ2v) is 4.10. The second kappa shape index (κ2) is 5.16. The lowest BCUT2D eigenvalue weighted by atomic mass is 10.1. The molecule has 2 aliphatic heterocycles.